The number of fused-ring (bicyclic) bond motifs is 1. The van der Waals surface area contributed by atoms with Crippen molar-refractivity contribution < 1.29 is 19.3 Å². The van der Waals surface area contributed by atoms with Crippen LogP contribution in [0.4, 0.5) is 0 Å². The van der Waals surface area contributed by atoms with Crippen LogP contribution in [0, 0.1) is 20.8 Å². The fourth-order valence-corrected chi connectivity index (χ4v) is 4.57. The minimum absolute atomic E-state index is 0.369. The molecule has 0 saturated carbocycles. The largest absolute Gasteiger partial charge is 0.507 e. The van der Waals surface area contributed by atoms with Crippen LogP contribution in [-0.2, 0) is 15.9 Å². The van der Waals surface area contributed by atoms with Crippen LogP contribution in [0.1, 0.15) is 56.4 Å². The van der Waals surface area contributed by atoms with Gasteiger partial charge in [-0.25, -0.2) is 0 Å². The van der Waals surface area contributed by atoms with Crippen molar-refractivity contribution in [2.24, 2.45) is 0 Å². The first-order valence-corrected chi connectivity index (χ1v) is 9.94. The van der Waals surface area contributed by atoms with Crippen LogP contribution >= 0.6 is 12.2 Å². The van der Waals surface area contributed by atoms with Crippen LogP contribution in [0.2, 0.25) is 0 Å². The van der Waals surface area contributed by atoms with Gasteiger partial charge in [0.1, 0.15) is 11.5 Å². The lowest BCUT2D eigenvalue weighted by Crippen LogP contribution is -2.67. The third kappa shape index (κ3) is 3.32. The van der Waals surface area contributed by atoms with Crippen molar-refractivity contribution in [1.29, 1.82) is 0 Å². The second kappa shape index (κ2) is 6.61. The summed E-state index contributed by atoms with van der Waals surface area (Å²) in [7, 11) is 0. The van der Waals surface area contributed by atoms with Crippen molar-refractivity contribution in [3.8, 4) is 11.5 Å². The van der Waals surface area contributed by atoms with Gasteiger partial charge in [-0.15, -0.1) is 0 Å². The van der Waals surface area contributed by atoms with Gasteiger partial charge in [-0.3, -0.25) is 0 Å². The van der Waals surface area contributed by atoms with Crippen molar-refractivity contribution in [2.45, 2.75) is 78.4 Å². The molecule has 27 heavy (non-hydrogen) atoms. The highest BCUT2D eigenvalue weighted by Crippen LogP contribution is 2.45. The zero-order chi connectivity index (χ0) is 20.2. The summed E-state index contributed by atoms with van der Waals surface area (Å²) in [6.07, 6.45) is 1.57. The number of hydrogen-bond acceptors (Lipinski definition) is 5. The average molecular weight is 394 g/mol. The molecule has 5 nitrogen and oxygen atoms in total. The summed E-state index contributed by atoms with van der Waals surface area (Å²) >= 11 is 5.41. The maximum atomic E-state index is 10.4. The monoisotopic (exact) mass is 393 g/mol. The molecule has 0 bridgehead atoms. The van der Waals surface area contributed by atoms with Crippen molar-refractivity contribution in [3.63, 3.8) is 0 Å². The van der Waals surface area contributed by atoms with Crippen molar-refractivity contribution in [1.82, 2.24) is 4.90 Å². The molecule has 1 aromatic carbocycles. The Labute approximate surface area is 167 Å². The first-order chi connectivity index (χ1) is 12.4. The molecule has 0 spiro atoms. The lowest BCUT2D eigenvalue weighted by atomic mass is 9.88. The molecule has 1 atom stereocenters. The number of rotatable bonds is 3. The molecule has 0 radical (unpaired) electrons. The molecule has 0 aliphatic carbocycles. The maximum absolute atomic E-state index is 10.4. The highest BCUT2D eigenvalue weighted by molar-refractivity contribution is 7.78. The Morgan fingerprint density at radius 3 is 2.15 bits per heavy atom. The van der Waals surface area contributed by atoms with Gasteiger partial charge >= 0.3 is 0 Å². The predicted molar refractivity (Wildman–Crippen MR) is 110 cm³/mol. The molecule has 1 N–H and O–H groups in total. The summed E-state index contributed by atoms with van der Waals surface area (Å²) in [5.41, 5.74) is 4.47. The van der Waals surface area contributed by atoms with Crippen LogP contribution in [0.25, 0.3) is 0 Å². The van der Waals surface area contributed by atoms with Gasteiger partial charge in [0.15, 0.2) is 11.5 Å². The number of thiocarbonyl (C=S) groups is 1. The highest BCUT2D eigenvalue weighted by Gasteiger charge is 2.49. The lowest BCUT2D eigenvalue weighted by Gasteiger charge is -2.54. The van der Waals surface area contributed by atoms with Gasteiger partial charge in [0.25, 0.3) is 0 Å². The molecule has 1 saturated heterocycles. The number of aromatic hydroxyl groups is 1. The van der Waals surface area contributed by atoms with Crippen LogP contribution in [0.5, 0.6) is 11.5 Å². The van der Waals surface area contributed by atoms with E-state index in [2.05, 4.69) is 18.7 Å². The first kappa shape index (κ1) is 20.4. The second-order valence-electron chi connectivity index (χ2n) is 8.76. The molecule has 150 valence electrons. The lowest BCUT2D eigenvalue weighted by molar-refractivity contribution is -0.290. The summed E-state index contributed by atoms with van der Waals surface area (Å²) in [5.74, 6) is 0.643. The molecule has 6 heteroatoms. The summed E-state index contributed by atoms with van der Waals surface area (Å²) in [6, 6.07) is 0. The van der Waals surface area contributed by atoms with E-state index >= 15 is 0 Å². The van der Waals surface area contributed by atoms with Crippen LogP contribution < -0.4 is 4.74 Å². The molecule has 1 unspecified atom stereocenters. The third-order valence-electron chi connectivity index (χ3n) is 6.16. The van der Waals surface area contributed by atoms with E-state index in [4.69, 9.17) is 26.4 Å². The minimum atomic E-state index is -0.613. The van der Waals surface area contributed by atoms with Gasteiger partial charge in [0.05, 0.1) is 24.2 Å². The van der Waals surface area contributed by atoms with Gasteiger partial charge in [-0.1, -0.05) is 12.2 Å². The van der Waals surface area contributed by atoms with E-state index < -0.39 is 17.1 Å². The molecular weight excluding hydrogens is 362 g/mol. The van der Waals surface area contributed by atoms with Gasteiger partial charge in [-0.2, -0.15) is 0 Å². The third-order valence-corrected chi connectivity index (χ3v) is 6.37. The Hall–Kier alpha value is -1.37. The number of benzene rings is 1. The zero-order valence-electron chi connectivity index (χ0n) is 17.4. The minimum Gasteiger partial charge on any atom is -0.507 e. The predicted octanol–water partition coefficient (Wildman–Crippen LogP) is 4.16. The van der Waals surface area contributed by atoms with E-state index in [0.29, 0.717) is 19.0 Å². The smallest absolute Gasteiger partial charge is 0.181 e. The molecule has 0 amide bonds. The first-order valence-electron chi connectivity index (χ1n) is 9.47. The SMILES string of the molecule is Cc1c(C)c2c(c(C)c1O)CCC(C)(N(C=S)C1(C)COC(C)(C)OC1)O2. The summed E-state index contributed by atoms with van der Waals surface area (Å²) in [6.45, 7) is 14.9. The zero-order valence-corrected chi connectivity index (χ0v) is 18.2. The number of phenolic OH excluding ortho intramolecular Hbond substituents is 1. The Bertz CT molecular complexity index is 766. The molecule has 3 rings (SSSR count). The van der Waals surface area contributed by atoms with Gasteiger partial charge in [0.2, 0.25) is 0 Å². The quantitative estimate of drug-likeness (QED) is 0.778. The maximum Gasteiger partial charge on any atom is 0.181 e. The van der Waals surface area contributed by atoms with E-state index in [1.54, 1.807) is 5.49 Å². The van der Waals surface area contributed by atoms with E-state index in [1.165, 1.54) is 0 Å². The van der Waals surface area contributed by atoms with E-state index in [1.807, 2.05) is 34.6 Å². The molecule has 0 aromatic heterocycles. The standard InChI is InChI=1S/C21H31NO4S/c1-13-14(2)18-16(15(3)17(13)23)8-9-21(7,26-18)22(12-27)20(6)10-24-19(4,5)25-11-20/h12,23H,8-11H2,1-7H3. The number of nitrogens with zero attached hydrogens (tertiary/aromatic N) is 1. The van der Waals surface area contributed by atoms with Crippen LogP contribution in [0.15, 0.2) is 0 Å². The Morgan fingerprint density at radius 1 is 1.00 bits per heavy atom. The average Bonchev–Trinajstić information content (AvgIpc) is 2.61. The van der Waals surface area contributed by atoms with E-state index in [9.17, 15) is 5.11 Å². The molecule has 2 heterocycles. The van der Waals surface area contributed by atoms with Crippen molar-refractivity contribution >= 4 is 17.7 Å². The molecule has 2 aliphatic rings. The van der Waals surface area contributed by atoms with Crippen LogP contribution in [-0.4, -0.2) is 45.8 Å². The fraction of sp³-hybridized carbons (Fsp3) is 0.667. The van der Waals surface area contributed by atoms with Crippen molar-refractivity contribution in [2.75, 3.05) is 13.2 Å². The number of phenols is 1. The Morgan fingerprint density at radius 2 is 1.59 bits per heavy atom. The van der Waals surface area contributed by atoms with E-state index in [-0.39, 0.29) is 0 Å². The van der Waals surface area contributed by atoms with Crippen molar-refractivity contribution in [3.05, 3.63) is 22.3 Å². The Balaban J connectivity index is 1.97. The number of hydrogen-bond donors (Lipinski definition) is 1. The highest BCUT2D eigenvalue weighted by atomic mass is 32.1. The summed E-state index contributed by atoms with van der Waals surface area (Å²) in [5, 5.41) is 10.4. The van der Waals surface area contributed by atoms with Gasteiger partial charge < -0.3 is 24.2 Å². The molecular formula is C21H31NO4S. The Kier molecular flexibility index (Phi) is 4.98. The van der Waals surface area contributed by atoms with E-state index in [0.717, 1.165) is 40.8 Å². The summed E-state index contributed by atoms with van der Waals surface area (Å²) in [4.78, 5) is 2.07. The molecule has 2 aliphatic heterocycles. The second-order valence-corrected chi connectivity index (χ2v) is 8.97. The fourth-order valence-electron chi connectivity index (χ4n) is 4.10. The molecule has 1 aromatic rings. The topological polar surface area (TPSA) is 51.2 Å². The normalized spacial score (nSPS) is 26.0. The summed E-state index contributed by atoms with van der Waals surface area (Å²) < 4.78 is 18.5. The van der Waals surface area contributed by atoms with Gasteiger partial charge in [-0.05, 0) is 71.6 Å². The molecule has 1 fully saturated rings. The van der Waals surface area contributed by atoms with Crippen LogP contribution in [0.3, 0.4) is 0 Å². The number of ether oxygens (including phenoxy) is 3. The van der Waals surface area contributed by atoms with Gasteiger partial charge in [0, 0.05) is 12.0 Å².